The van der Waals surface area contributed by atoms with Crippen LogP contribution in [0, 0.1) is 0 Å². The van der Waals surface area contributed by atoms with Gasteiger partial charge >= 0.3 is 0 Å². The van der Waals surface area contributed by atoms with Gasteiger partial charge in [-0.2, -0.15) is 0 Å². The molecule has 256 valence electrons. The Hall–Kier alpha value is -6.42. The molecule has 0 N–H and O–H groups in total. The van der Waals surface area contributed by atoms with Gasteiger partial charge in [-0.1, -0.05) is 129 Å². The largest absolute Gasteiger partial charge is 0.310 e. The summed E-state index contributed by atoms with van der Waals surface area (Å²) in [7, 11) is 0. The zero-order valence-electron chi connectivity index (χ0n) is 30.1. The van der Waals surface area contributed by atoms with E-state index >= 15 is 0 Å². The summed E-state index contributed by atoms with van der Waals surface area (Å²) in [5, 5.41) is 5.10. The van der Waals surface area contributed by atoms with Gasteiger partial charge in [0.05, 0.1) is 11.0 Å². The number of para-hydroxylation sites is 2. The Morgan fingerprint density at radius 1 is 0.444 bits per heavy atom. The fraction of sp³-hybridized carbons (Fsp3) is 0.0588. The number of anilines is 3. The molecule has 0 fully saturated rings. The van der Waals surface area contributed by atoms with Crippen molar-refractivity contribution in [2.75, 3.05) is 4.90 Å². The lowest BCUT2D eigenvalue weighted by atomic mass is 9.82. The van der Waals surface area contributed by atoms with Gasteiger partial charge in [0, 0.05) is 59.1 Å². The zero-order chi connectivity index (χ0) is 36.0. The van der Waals surface area contributed by atoms with Crippen LogP contribution in [0.1, 0.15) is 25.0 Å². The first kappa shape index (κ1) is 31.1. The predicted molar refractivity (Wildman–Crippen MR) is 231 cm³/mol. The predicted octanol–water partition coefficient (Wildman–Crippen LogP) is 14.6. The van der Waals surface area contributed by atoms with Crippen molar-refractivity contribution in [1.82, 2.24) is 4.57 Å². The highest BCUT2D eigenvalue weighted by Crippen LogP contribution is 2.54. The van der Waals surface area contributed by atoms with Crippen molar-refractivity contribution in [3.63, 3.8) is 0 Å². The molecule has 0 spiro atoms. The lowest BCUT2D eigenvalue weighted by Gasteiger charge is -2.27. The van der Waals surface area contributed by atoms with Crippen LogP contribution in [0.2, 0.25) is 0 Å². The maximum absolute atomic E-state index is 2.47. The molecule has 3 heteroatoms. The van der Waals surface area contributed by atoms with E-state index in [-0.39, 0.29) is 5.41 Å². The van der Waals surface area contributed by atoms with Crippen LogP contribution in [0.15, 0.2) is 182 Å². The molecule has 2 aromatic heterocycles. The molecule has 54 heavy (non-hydrogen) atoms. The second kappa shape index (κ2) is 11.8. The lowest BCUT2D eigenvalue weighted by Crippen LogP contribution is -2.15. The Bertz CT molecular complexity index is 3080. The first-order valence-electron chi connectivity index (χ1n) is 18.7. The highest BCUT2D eigenvalue weighted by Gasteiger charge is 2.37. The van der Waals surface area contributed by atoms with Crippen LogP contribution < -0.4 is 4.90 Å². The molecule has 0 radical (unpaired) electrons. The molecular weight excluding hydrogens is 673 g/mol. The van der Waals surface area contributed by atoms with Gasteiger partial charge in [0.15, 0.2) is 0 Å². The number of hydrogen-bond acceptors (Lipinski definition) is 2. The van der Waals surface area contributed by atoms with Gasteiger partial charge in [0.2, 0.25) is 0 Å². The second-order valence-electron chi connectivity index (χ2n) is 15.0. The lowest BCUT2D eigenvalue weighted by molar-refractivity contribution is 0.660. The maximum Gasteiger partial charge on any atom is 0.0542 e. The van der Waals surface area contributed by atoms with E-state index in [1.807, 2.05) is 11.3 Å². The van der Waals surface area contributed by atoms with Crippen LogP contribution in [0.5, 0.6) is 0 Å². The molecule has 2 heterocycles. The molecule has 8 aromatic carbocycles. The topological polar surface area (TPSA) is 8.17 Å². The number of fused-ring (bicyclic) bond motifs is 9. The highest BCUT2D eigenvalue weighted by atomic mass is 32.1. The molecule has 0 amide bonds. The summed E-state index contributed by atoms with van der Waals surface area (Å²) < 4.78 is 5.00. The minimum Gasteiger partial charge on any atom is -0.310 e. The van der Waals surface area contributed by atoms with Crippen molar-refractivity contribution < 1.29 is 0 Å². The molecule has 11 rings (SSSR count). The third-order valence-electron chi connectivity index (χ3n) is 11.6. The van der Waals surface area contributed by atoms with Crippen LogP contribution in [-0.4, -0.2) is 4.57 Å². The number of hydrogen-bond donors (Lipinski definition) is 0. The standard InChI is InChI=1S/C51H36N2S/c1-51(2)44-28-25-35(31-43(44)50-38(20-13-21-45(50)51)33-14-5-3-6-15-33)52(37-24-27-41-40-19-10-12-23-48(40)54-49(41)32-37)36-26-29-47-42(30-36)39-18-9-11-22-46(39)53(47)34-16-7-4-8-17-34/h3-32H,1-2H3. The normalized spacial score (nSPS) is 13.1. The van der Waals surface area contributed by atoms with Crippen molar-refractivity contribution >= 4 is 70.4 Å². The molecule has 0 saturated heterocycles. The van der Waals surface area contributed by atoms with Crippen molar-refractivity contribution in [2.45, 2.75) is 19.3 Å². The molecule has 10 aromatic rings. The number of rotatable bonds is 5. The van der Waals surface area contributed by atoms with Gasteiger partial charge in [-0.3, -0.25) is 0 Å². The summed E-state index contributed by atoms with van der Waals surface area (Å²) in [5.41, 5.74) is 14.8. The van der Waals surface area contributed by atoms with Crippen LogP contribution in [0.3, 0.4) is 0 Å². The van der Waals surface area contributed by atoms with Crippen molar-refractivity contribution in [2.24, 2.45) is 0 Å². The van der Waals surface area contributed by atoms with Crippen molar-refractivity contribution in [1.29, 1.82) is 0 Å². The molecule has 0 saturated carbocycles. The van der Waals surface area contributed by atoms with E-state index in [2.05, 4.69) is 205 Å². The molecule has 0 aliphatic heterocycles. The Kier molecular flexibility index (Phi) is 6.80. The number of nitrogens with zero attached hydrogens (tertiary/aromatic N) is 2. The van der Waals surface area contributed by atoms with Gasteiger partial charge in [-0.05, 0) is 100 Å². The third kappa shape index (κ3) is 4.58. The Balaban J connectivity index is 1.16. The van der Waals surface area contributed by atoms with E-state index in [1.54, 1.807) is 0 Å². The third-order valence-corrected chi connectivity index (χ3v) is 12.7. The van der Waals surface area contributed by atoms with Gasteiger partial charge in [-0.15, -0.1) is 11.3 Å². The Labute approximate surface area is 318 Å². The van der Waals surface area contributed by atoms with E-state index in [4.69, 9.17) is 0 Å². The zero-order valence-corrected chi connectivity index (χ0v) is 30.9. The molecular formula is C51H36N2S. The fourth-order valence-electron chi connectivity index (χ4n) is 9.05. The van der Waals surface area contributed by atoms with Gasteiger partial charge < -0.3 is 9.47 Å². The van der Waals surface area contributed by atoms with Gasteiger partial charge in [-0.25, -0.2) is 0 Å². The highest BCUT2D eigenvalue weighted by molar-refractivity contribution is 7.25. The quantitative estimate of drug-likeness (QED) is 0.173. The molecule has 0 unspecified atom stereocenters. The van der Waals surface area contributed by atoms with Crippen LogP contribution in [-0.2, 0) is 5.41 Å². The number of benzene rings is 8. The summed E-state index contributed by atoms with van der Waals surface area (Å²) in [6.07, 6.45) is 0. The summed E-state index contributed by atoms with van der Waals surface area (Å²) >= 11 is 1.87. The first-order chi connectivity index (χ1) is 26.5. The Morgan fingerprint density at radius 3 is 1.94 bits per heavy atom. The van der Waals surface area contributed by atoms with Crippen LogP contribution >= 0.6 is 11.3 Å². The molecule has 0 bridgehead atoms. The summed E-state index contributed by atoms with van der Waals surface area (Å²) in [6.45, 7) is 4.74. The van der Waals surface area contributed by atoms with Gasteiger partial charge in [0.1, 0.15) is 0 Å². The molecule has 1 aliphatic carbocycles. The molecule has 2 nitrogen and oxygen atoms in total. The number of thiophene rings is 1. The second-order valence-corrected chi connectivity index (χ2v) is 16.0. The van der Waals surface area contributed by atoms with Crippen LogP contribution in [0.4, 0.5) is 17.1 Å². The first-order valence-corrected chi connectivity index (χ1v) is 19.5. The summed E-state index contributed by atoms with van der Waals surface area (Å²) in [4.78, 5) is 2.47. The van der Waals surface area contributed by atoms with E-state index in [0.29, 0.717) is 0 Å². The SMILES string of the molecule is CC1(C)c2ccc(N(c3ccc4c(c3)sc3ccccc34)c3ccc4c(c3)c3ccccc3n4-c3ccccc3)cc2-c2c(-c3ccccc3)cccc21. The molecule has 1 aliphatic rings. The van der Waals surface area contributed by atoms with Gasteiger partial charge in [0.25, 0.3) is 0 Å². The average Bonchev–Trinajstić information content (AvgIpc) is 3.83. The Morgan fingerprint density at radius 2 is 1.09 bits per heavy atom. The van der Waals surface area contributed by atoms with Crippen molar-refractivity contribution in [3.05, 3.63) is 193 Å². The monoisotopic (exact) mass is 708 g/mol. The summed E-state index contributed by atoms with van der Waals surface area (Å²) in [5.74, 6) is 0. The van der Waals surface area contributed by atoms with E-state index < -0.39 is 0 Å². The minimum absolute atomic E-state index is 0.118. The minimum atomic E-state index is -0.118. The van der Waals surface area contributed by atoms with E-state index in [9.17, 15) is 0 Å². The number of aromatic nitrogens is 1. The smallest absolute Gasteiger partial charge is 0.0542 e. The fourth-order valence-corrected chi connectivity index (χ4v) is 10.2. The summed E-state index contributed by atoms with van der Waals surface area (Å²) in [6, 6.07) is 67.1. The maximum atomic E-state index is 2.47. The van der Waals surface area contributed by atoms with Crippen LogP contribution in [0.25, 0.3) is 69.9 Å². The molecule has 0 atom stereocenters. The van der Waals surface area contributed by atoms with E-state index in [0.717, 1.165) is 22.7 Å². The average molecular weight is 709 g/mol. The van der Waals surface area contributed by atoms with E-state index in [1.165, 1.54) is 75.4 Å². The van der Waals surface area contributed by atoms with Crippen molar-refractivity contribution in [3.8, 4) is 27.9 Å².